The lowest BCUT2D eigenvalue weighted by molar-refractivity contribution is -0.385. The number of hydrogen-bond acceptors (Lipinski definition) is 4. The van der Waals surface area contributed by atoms with Gasteiger partial charge in [-0.15, -0.1) is 12.4 Å². The van der Waals surface area contributed by atoms with Crippen LogP contribution in [0.4, 0.5) is 15.8 Å². The summed E-state index contributed by atoms with van der Waals surface area (Å²) in [5, 5.41) is 16.3. The number of hydrogen-bond donors (Lipinski definition) is 2. The molecule has 0 spiro atoms. The first-order chi connectivity index (χ1) is 11.0. The maximum absolute atomic E-state index is 13.8. The monoisotopic (exact) mass is 353 g/mol. The molecule has 8 heteroatoms. The van der Waals surface area contributed by atoms with Gasteiger partial charge < -0.3 is 10.6 Å². The minimum atomic E-state index is -0.930. The van der Waals surface area contributed by atoms with Gasteiger partial charge in [-0.1, -0.05) is 19.1 Å². The van der Waals surface area contributed by atoms with Crippen LogP contribution in [-0.2, 0) is 6.54 Å². The normalized spacial score (nSPS) is 9.92. The second-order valence-electron chi connectivity index (χ2n) is 4.86. The van der Waals surface area contributed by atoms with Crippen molar-refractivity contribution >= 4 is 29.7 Å². The lowest BCUT2D eigenvalue weighted by atomic mass is 10.1. The number of nitrogens with zero attached hydrogens (tertiary/aromatic N) is 1. The van der Waals surface area contributed by atoms with E-state index in [4.69, 9.17) is 0 Å². The molecule has 0 saturated carbocycles. The zero-order valence-electron chi connectivity index (χ0n) is 12.9. The van der Waals surface area contributed by atoms with Crippen LogP contribution in [-0.4, -0.2) is 17.4 Å². The molecule has 128 valence electrons. The predicted molar refractivity (Wildman–Crippen MR) is 92.1 cm³/mol. The van der Waals surface area contributed by atoms with Crippen molar-refractivity contribution in [2.45, 2.75) is 13.5 Å². The average molecular weight is 354 g/mol. The Balaban J connectivity index is 0.00000288. The number of halogens is 2. The molecule has 6 nitrogen and oxygen atoms in total. The molecular formula is C16H17ClFN3O3. The summed E-state index contributed by atoms with van der Waals surface area (Å²) >= 11 is 0. The number of non-ortho nitro benzene ring substituents is 1. The molecule has 0 saturated heterocycles. The van der Waals surface area contributed by atoms with Gasteiger partial charge in [0.1, 0.15) is 5.82 Å². The van der Waals surface area contributed by atoms with Crippen LogP contribution >= 0.6 is 12.4 Å². The summed E-state index contributed by atoms with van der Waals surface area (Å²) in [7, 11) is 0. The van der Waals surface area contributed by atoms with Crippen LogP contribution in [0.1, 0.15) is 22.8 Å². The molecule has 0 heterocycles. The van der Waals surface area contributed by atoms with Gasteiger partial charge >= 0.3 is 0 Å². The summed E-state index contributed by atoms with van der Waals surface area (Å²) in [6.45, 7) is 3.47. The Morgan fingerprint density at radius 3 is 2.62 bits per heavy atom. The highest BCUT2D eigenvalue weighted by atomic mass is 35.5. The fraction of sp³-hybridized carbons (Fsp3) is 0.188. The molecule has 0 aliphatic rings. The first-order valence-corrected chi connectivity index (χ1v) is 7.06. The highest BCUT2D eigenvalue weighted by molar-refractivity contribution is 6.04. The van der Waals surface area contributed by atoms with Crippen molar-refractivity contribution in [1.82, 2.24) is 5.32 Å². The quantitative estimate of drug-likeness (QED) is 0.614. The van der Waals surface area contributed by atoms with E-state index >= 15 is 0 Å². The van der Waals surface area contributed by atoms with E-state index in [2.05, 4.69) is 10.6 Å². The van der Waals surface area contributed by atoms with E-state index < -0.39 is 22.3 Å². The number of rotatable bonds is 6. The van der Waals surface area contributed by atoms with Crippen LogP contribution in [0.2, 0.25) is 0 Å². The molecular weight excluding hydrogens is 337 g/mol. The zero-order valence-corrected chi connectivity index (χ0v) is 13.7. The van der Waals surface area contributed by atoms with Crippen LogP contribution < -0.4 is 10.6 Å². The second-order valence-corrected chi connectivity index (χ2v) is 4.86. The van der Waals surface area contributed by atoms with Crippen molar-refractivity contribution in [3.05, 3.63) is 69.5 Å². The number of benzene rings is 2. The Morgan fingerprint density at radius 2 is 2.00 bits per heavy atom. The van der Waals surface area contributed by atoms with E-state index in [1.807, 2.05) is 13.0 Å². The highest BCUT2D eigenvalue weighted by Gasteiger charge is 2.16. The number of nitrogens with one attached hydrogen (secondary N) is 2. The largest absolute Gasteiger partial charge is 0.322 e. The molecule has 0 aliphatic carbocycles. The SMILES string of the molecule is CCNCc1cccc(NC(=O)c2ccc([N+](=O)[O-])cc2F)c1.Cl. The summed E-state index contributed by atoms with van der Waals surface area (Å²) in [6, 6.07) is 10.1. The second kappa shape index (κ2) is 8.95. The van der Waals surface area contributed by atoms with Crippen molar-refractivity contribution in [3.8, 4) is 0 Å². The zero-order chi connectivity index (χ0) is 16.8. The highest BCUT2D eigenvalue weighted by Crippen LogP contribution is 2.18. The summed E-state index contributed by atoms with van der Waals surface area (Å²) in [4.78, 5) is 22.0. The van der Waals surface area contributed by atoms with Crippen molar-refractivity contribution in [1.29, 1.82) is 0 Å². The molecule has 0 unspecified atom stereocenters. The van der Waals surface area contributed by atoms with Gasteiger partial charge in [-0.3, -0.25) is 14.9 Å². The summed E-state index contributed by atoms with van der Waals surface area (Å²) in [6.07, 6.45) is 0. The first-order valence-electron chi connectivity index (χ1n) is 7.06. The minimum Gasteiger partial charge on any atom is -0.322 e. The minimum absolute atomic E-state index is 0. The van der Waals surface area contributed by atoms with Gasteiger partial charge in [0.05, 0.1) is 16.6 Å². The molecule has 24 heavy (non-hydrogen) atoms. The molecule has 2 aromatic rings. The Bertz CT molecular complexity index is 740. The number of amides is 1. The summed E-state index contributed by atoms with van der Waals surface area (Å²) < 4.78 is 13.8. The third-order valence-corrected chi connectivity index (χ3v) is 3.17. The fourth-order valence-electron chi connectivity index (χ4n) is 2.03. The first kappa shape index (κ1) is 19.5. The van der Waals surface area contributed by atoms with Gasteiger partial charge in [0.2, 0.25) is 0 Å². The Labute approximate surface area is 144 Å². The fourth-order valence-corrected chi connectivity index (χ4v) is 2.03. The van der Waals surface area contributed by atoms with Gasteiger partial charge in [-0.2, -0.15) is 0 Å². The summed E-state index contributed by atoms with van der Waals surface area (Å²) in [5.74, 6) is -1.58. The molecule has 2 aromatic carbocycles. The molecule has 0 aliphatic heterocycles. The maximum Gasteiger partial charge on any atom is 0.272 e. The van der Waals surface area contributed by atoms with Crippen LogP contribution in [0.3, 0.4) is 0 Å². The van der Waals surface area contributed by atoms with Gasteiger partial charge in [-0.05, 0) is 30.3 Å². The van der Waals surface area contributed by atoms with E-state index in [9.17, 15) is 19.3 Å². The third-order valence-electron chi connectivity index (χ3n) is 3.17. The molecule has 0 atom stereocenters. The van der Waals surface area contributed by atoms with Crippen LogP contribution in [0.5, 0.6) is 0 Å². The molecule has 0 fully saturated rings. The standard InChI is InChI=1S/C16H16FN3O3.ClH/c1-2-18-10-11-4-3-5-12(8-11)19-16(21)14-7-6-13(20(22)23)9-15(14)17;/h3-9,18H,2,10H2,1H3,(H,19,21);1H. The lowest BCUT2D eigenvalue weighted by Crippen LogP contribution is -2.15. The van der Waals surface area contributed by atoms with E-state index in [0.717, 1.165) is 30.3 Å². The van der Waals surface area contributed by atoms with Crippen molar-refractivity contribution in [2.75, 3.05) is 11.9 Å². The summed E-state index contributed by atoms with van der Waals surface area (Å²) in [5.41, 5.74) is 0.872. The van der Waals surface area contributed by atoms with Crippen molar-refractivity contribution < 1.29 is 14.1 Å². The number of nitro benzene ring substituents is 1. The van der Waals surface area contributed by atoms with Crippen LogP contribution in [0, 0.1) is 15.9 Å². The van der Waals surface area contributed by atoms with Gasteiger partial charge in [0, 0.05) is 18.3 Å². The van der Waals surface area contributed by atoms with Gasteiger partial charge in [-0.25, -0.2) is 4.39 Å². The van der Waals surface area contributed by atoms with E-state index in [-0.39, 0.29) is 18.0 Å². The Morgan fingerprint density at radius 1 is 1.25 bits per heavy atom. The average Bonchev–Trinajstić information content (AvgIpc) is 2.53. The van der Waals surface area contributed by atoms with Crippen LogP contribution in [0.15, 0.2) is 42.5 Å². The molecule has 2 rings (SSSR count). The number of nitro groups is 1. The molecule has 2 N–H and O–H groups in total. The molecule has 0 radical (unpaired) electrons. The van der Waals surface area contributed by atoms with Gasteiger partial charge in [0.25, 0.3) is 11.6 Å². The third kappa shape index (κ3) is 5.00. The van der Waals surface area contributed by atoms with Crippen molar-refractivity contribution in [2.24, 2.45) is 0 Å². The Hall–Kier alpha value is -2.51. The number of anilines is 1. The van der Waals surface area contributed by atoms with E-state index in [0.29, 0.717) is 12.2 Å². The predicted octanol–water partition coefficient (Wildman–Crippen LogP) is 3.52. The van der Waals surface area contributed by atoms with E-state index in [1.54, 1.807) is 18.2 Å². The lowest BCUT2D eigenvalue weighted by Gasteiger charge is -2.08. The Kier molecular flexibility index (Phi) is 7.29. The smallest absolute Gasteiger partial charge is 0.272 e. The van der Waals surface area contributed by atoms with Crippen LogP contribution in [0.25, 0.3) is 0 Å². The maximum atomic E-state index is 13.8. The number of carbonyl (C=O) groups is 1. The van der Waals surface area contributed by atoms with E-state index in [1.165, 1.54) is 0 Å². The van der Waals surface area contributed by atoms with Crippen molar-refractivity contribution in [3.63, 3.8) is 0 Å². The number of carbonyl (C=O) groups excluding carboxylic acids is 1. The molecule has 1 amide bonds. The molecule has 0 bridgehead atoms. The molecule has 0 aromatic heterocycles. The topological polar surface area (TPSA) is 84.3 Å². The van der Waals surface area contributed by atoms with Gasteiger partial charge in [0.15, 0.2) is 0 Å².